The van der Waals surface area contributed by atoms with Gasteiger partial charge in [-0.3, -0.25) is 0 Å². The predicted octanol–water partition coefficient (Wildman–Crippen LogP) is 1.54. The lowest BCUT2D eigenvalue weighted by Gasteiger charge is -2.05. The number of hydrogen-bond donors (Lipinski definition) is 3. The van der Waals surface area contributed by atoms with Crippen molar-refractivity contribution in [3.63, 3.8) is 0 Å². The van der Waals surface area contributed by atoms with Crippen LogP contribution in [0, 0.1) is 5.82 Å². The summed E-state index contributed by atoms with van der Waals surface area (Å²) >= 11 is 0. The van der Waals surface area contributed by atoms with Crippen molar-refractivity contribution < 1.29 is 9.50 Å². The van der Waals surface area contributed by atoms with E-state index in [9.17, 15) is 9.50 Å². The maximum Gasteiger partial charge on any atom is 0.165 e. The maximum atomic E-state index is 13.0. The molecule has 0 radical (unpaired) electrons. The first-order valence-corrected chi connectivity index (χ1v) is 4.92. The fourth-order valence-corrected chi connectivity index (χ4v) is 1.41. The minimum absolute atomic E-state index is 0.297. The second-order valence-electron chi connectivity index (χ2n) is 3.39. The first-order chi connectivity index (χ1) is 7.77. The molecular weight excluding hydrogens is 209 g/mol. The number of benzene rings is 1. The molecule has 0 spiro atoms. The summed E-state index contributed by atoms with van der Waals surface area (Å²) < 4.78 is 13.0. The number of phenolic OH excluding ortho intramolecular Hbond substituents is 1. The van der Waals surface area contributed by atoms with Gasteiger partial charge in [-0.25, -0.2) is 9.37 Å². The zero-order valence-corrected chi connectivity index (χ0v) is 8.57. The lowest BCUT2D eigenvalue weighted by molar-refractivity contribution is 0.423. The molecule has 0 aliphatic carbocycles. The normalized spacial score (nSPS) is 10.6. The van der Waals surface area contributed by atoms with Crippen molar-refractivity contribution >= 4 is 0 Å². The van der Waals surface area contributed by atoms with Crippen LogP contribution in [0.1, 0.15) is 11.4 Å². The molecule has 1 heterocycles. The molecule has 0 bridgehead atoms. The fourth-order valence-electron chi connectivity index (χ4n) is 1.41. The van der Waals surface area contributed by atoms with Gasteiger partial charge in [-0.05, 0) is 6.07 Å². The number of nitrogens with zero attached hydrogens (tertiary/aromatic N) is 1. The van der Waals surface area contributed by atoms with Crippen molar-refractivity contribution in [2.24, 2.45) is 0 Å². The molecule has 0 amide bonds. The molecule has 2 aromatic rings. The van der Waals surface area contributed by atoms with E-state index in [1.165, 1.54) is 6.07 Å². The summed E-state index contributed by atoms with van der Waals surface area (Å²) in [4.78, 5) is 6.97. The van der Waals surface area contributed by atoms with Crippen LogP contribution >= 0.6 is 0 Å². The SMILES string of the molecule is Oc1c(F)cccc1CNCc1ncc[nH]1. The minimum Gasteiger partial charge on any atom is -0.505 e. The largest absolute Gasteiger partial charge is 0.505 e. The summed E-state index contributed by atoms with van der Waals surface area (Å²) in [6.45, 7) is 0.938. The zero-order valence-electron chi connectivity index (χ0n) is 8.57. The Morgan fingerprint density at radius 1 is 1.38 bits per heavy atom. The van der Waals surface area contributed by atoms with Crippen molar-refractivity contribution in [3.8, 4) is 5.75 Å². The molecule has 1 aromatic carbocycles. The molecule has 0 saturated heterocycles. The van der Waals surface area contributed by atoms with E-state index < -0.39 is 5.82 Å². The Hall–Kier alpha value is -1.88. The van der Waals surface area contributed by atoms with Crippen LogP contribution in [0.3, 0.4) is 0 Å². The summed E-state index contributed by atoms with van der Waals surface area (Å²) in [6, 6.07) is 4.47. The number of halogens is 1. The van der Waals surface area contributed by atoms with Crippen molar-refractivity contribution in [2.75, 3.05) is 0 Å². The van der Waals surface area contributed by atoms with Gasteiger partial charge in [0.05, 0.1) is 6.54 Å². The second-order valence-corrected chi connectivity index (χ2v) is 3.39. The first-order valence-electron chi connectivity index (χ1n) is 4.92. The Kier molecular flexibility index (Phi) is 3.16. The highest BCUT2D eigenvalue weighted by atomic mass is 19.1. The quantitative estimate of drug-likeness (QED) is 0.734. The van der Waals surface area contributed by atoms with Crippen LogP contribution < -0.4 is 5.32 Å². The van der Waals surface area contributed by atoms with Gasteiger partial charge in [-0.15, -0.1) is 0 Å². The molecule has 0 saturated carbocycles. The molecule has 0 fully saturated rings. The van der Waals surface area contributed by atoms with Crippen LogP contribution in [0.25, 0.3) is 0 Å². The molecule has 0 aliphatic rings. The standard InChI is InChI=1S/C11H12FN3O/c12-9-3-1-2-8(11(9)16)6-13-7-10-14-4-5-15-10/h1-5,13,16H,6-7H2,(H,14,15). The number of aromatic nitrogens is 2. The number of para-hydroxylation sites is 1. The Bertz CT molecular complexity index is 456. The topological polar surface area (TPSA) is 60.9 Å². The monoisotopic (exact) mass is 221 g/mol. The van der Waals surface area contributed by atoms with E-state index in [4.69, 9.17) is 0 Å². The lowest BCUT2D eigenvalue weighted by Crippen LogP contribution is -2.13. The average Bonchev–Trinajstić information content (AvgIpc) is 2.77. The third-order valence-electron chi connectivity index (χ3n) is 2.23. The average molecular weight is 221 g/mol. The molecule has 0 aliphatic heterocycles. The van der Waals surface area contributed by atoms with Gasteiger partial charge in [0, 0.05) is 24.5 Å². The van der Waals surface area contributed by atoms with Gasteiger partial charge >= 0.3 is 0 Å². The molecule has 84 valence electrons. The van der Waals surface area contributed by atoms with Crippen LogP contribution in [0.15, 0.2) is 30.6 Å². The van der Waals surface area contributed by atoms with E-state index in [0.717, 1.165) is 5.82 Å². The molecule has 5 heteroatoms. The smallest absolute Gasteiger partial charge is 0.165 e. The van der Waals surface area contributed by atoms with Crippen molar-refractivity contribution in [3.05, 3.63) is 47.8 Å². The first kappa shape index (κ1) is 10.6. The highest BCUT2D eigenvalue weighted by Gasteiger charge is 2.05. The highest BCUT2D eigenvalue weighted by molar-refractivity contribution is 5.33. The number of hydrogen-bond acceptors (Lipinski definition) is 3. The maximum absolute atomic E-state index is 13.0. The molecule has 4 nitrogen and oxygen atoms in total. The van der Waals surface area contributed by atoms with Crippen molar-refractivity contribution in [1.82, 2.24) is 15.3 Å². The number of nitrogens with one attached hydrogen (secondary N) is 2. The summed E-state index contributed by atoms with van der Waals surface area (Å²) in [6.07, 6.45) is 3.40. The van der Waals surface area contributed by atoms with Crippen molar-refractivity contribution in [1.29, 1.82) is 0 Å². The second kappa shape index (κ2) is 4.76. The minimum atomic E-state index is -0.600. The van der Waals surface area contributed by atoms with Crippen molar-refractivity contribution in [2.45, 2.75) is 13.1 Å². The fraction of sp³-hybridized carbons (Fsp3) is 0.182. The van der Waals surface area contributed by atoms with Gasteiger partial charge in [0.15, 0.2) is 11.6 Å². The number of H-pyrrole nitrogens is 1. The van der Waals surface area contributed by atoms with E-state index in [1.54, 1.807) is 24.5 Å². The van der Waals surface area contributed by atoms with Crippen LogP contribution in [0.5, 0.6) is 5.75 Å². The van der Waals surface area contributed by atoms with E-state index in [-0.39, 0.29) is 5.75 Å². The van der Waals surface area contributed by atoms with Gasteiger partial charge in [0.1, 0.15) is 5.82 Å². The van der Waals surface area contributed by atoms with Crippen LogP contribution in [-0.2, 0) is 13.1 Å². The Balaban J connectivity index is 1.92. The number of phenols is 1. The number of aromatic amines is 1. The summed E-state index contributed by atoms with van der Waals surface area (Å²) in [5.41, 5.74) is 0.534. The van der Waals surface area contributed by atoms with Gasteiger partial charge < -0.3 is 15.4 Å². The Labute approximate surface area is 92.2 Å². The third-order valence-corrected chi connectivity index (χ3v) is 2.23. The Morgan fingerprint density at radius 2 is 2.25 bits per heavy atom. The van der Waals surface area contributed by atoms with Gasteiger partial charge in [0.2, 0.25) is 0 Å². The molecular formula is C11H12FN3O. The van der Waals surface area contributed by atoms with Crippen LogP contribution in [0.2, 0.25) is 0 Å². The molecule has 1 aromatic heterocycles. The molecule has 3 N–H and O–H groups in total. The molecule has 0 atom stereocenters. The van der Waals surface area contributed by atoms with E-state index in [2.05, 4.69) is 15.3 Å². The van der Waals surface area contributed by atoms with Gasteiger partial charge in [-0.1, -0.05) is 12.1 Å². The van der Waals surface area contributed by atoms with E-state index in [1.807, 2.05) is 0 Å². The van der Waals surface area contributed by atoms with Gasteiger partial charge in [0.25, 0.3) is 0 Å². The Morgan fingerprint density at radius 3 is 3.00 bits per heavy atom. The number of aromatic hydroxyl groups is 1. The third kappa shape index (κ3) is 2.38. The summed E-state index contributed by atoms with van der Waals surface area (Å²) in [7, 11) is 0. The number of rotatable bonds is 4. The highest BCUT2D eigenvalue weighted by Crippen LogP contribution is 2.20. The summed E-state index contributed by atoms with van der Waals surface area (Å²) in [5, 5.41) is 12.5. The van der Waals surface area contributed by atoms with E-state index >= 15 is 0 Å². The molecule has 0 unspecified atom stereocenters. The van der Waals surface area contributed by atoms with Crippen LogP contribution in [-0.4, -0.2) is 15.1 Å². The molecule has 2 rings (SSSR count). The molecule has 16 heavy (non-hydrogen) atoms. The zero-order chi connectivity index (χ0) is 11.4. The predicted molar refractivity (Wildman–Crippen MR) is 57.2 cm³/mol. The lowest BCUT2D eigenvalue weighted by atomic mass is 10.2. The van der Waals surface area contributed by atoms with E-state index in [0.29, 0.717) is 18.7 Å². The van der Waals surface area contributed by atoms with Gasteiger partial charge in [-0.2, -0.15) is 0 Å². The summed E-state index contributed by atoms with van der Waals surface area (Å²) in [5.74, 6) is -0.0948. The number of imidazole rings is 1. The van der Waals surface area contributed by atoms with Crippen LogP contribution in [0.4, 0.5) is 4.39 Å².